The van der Waals surface area contributed by atoms with E-state index in [2.05, 4.69) is 0 Å². The Kier molecular flexibility index (Phi) is 4.84. The Morgan fingerprint density at radius 1 is 1.29 bits per heavy atom. The molecule has 0 spiro atoms. The van der Waals surface area contributed by atoms with Gasteiger partial charge in [0, 0.05) is 12.3 Å². The predicted octanol–water partition coefficient (Wildman–Crippen LogP) is 1.56. The number of aryl methyl sites for hydroxylation is 1. The molecular weight excluding hydrogens is 238 g/mol. The molecule has 0 radical (unpaired) electrons. The topological polar surface area (TPSA) is 78.2 Å². The highest BCUT2D eigenvalue weighted by molar-refractivity contribution is 7.92. The highest BCUT2D eigenvalue weighted by Gasteiger charge is 2.16. The number of hydrogen-bond acceptors (Lipinski definition) is 4. The van der Waals surface area contributed by atoms with Crippen molar-refractivity contribution < 1.29 is 13.5 Å². The van der Waals surface area contributed by atoms with Crippen LogP contribution in [0.3, 0.4) is 0 Å². The first-order chi connectivity index (χ1) is 7.95. The number of aliphatic hydroxyl groups excluding tert-OH is 1. The van der Waals surface area contributed by atoms with Crippen LogP contribution < -0.4 is 0 Å². The van der Waals surface area contributed by atoms with Crippen molar-refractivity contribution in [3.63, 3.8) is 0 Å². The van der Waals surface area contributed by atoms with Crippen molar-refractivity contribution in [3.05, 3.63) is 29.8 Å². The molecule has 1 rings (SSSR count). The van der Waals surface area contributed by atoms with Gasteiger partial charge in [-0.3, -0.25) is 0 Å². The summed E-state index contributed by atoms with van der Waals surface area (Å²) in [4.78, 5) is 0.247. The summed E-state index contributed by atoms with van der Waals surface area (Å²) >= 11 is 0. The fourth-order valence-corrected chi connectivity index (χ4v) is 2.74. The van der Waals surface area contributed by atoms with E-state index < -0.39 is 9.84 Å². The fraction of sp³-hybridized carbons (Fsp3) is 0.417. The molecule has 0 unspecified atom stereocenters. The zero-order chi connectivity index (χ0) is 12.9. The van der Waals surface area contributed by atoms with Gasteiger partial charge in [0.15, 0.2) is 9.84 Å². The number of nitrogens with one attached hydrogen (secondary N) is 1. The number of aliphatic hydroxyl groups is 1. The van der Waals surface area contributed by atoms with Crippen LogP contribution in [0.4, 0.5) is 0 Å². The molecule has 0 aliphatic heterocycles. The zero-order valence-electron chi connectivity index (χ0n) is 9.81. The molecule has 0 bridgehead atoms. The maximum absolute atomic E-state index is 11.9. The second kappa shape index (κ2) is 5.93. The standard InChI is InChI=1S/C12H17NO3S/c1-10-4-6-12(7-5-10)17(15,16)9-11(13)3-2-8-14/h4-7,13-14H,2-3,8-9H2,1H3. The molecule has 1 aromatic rings. The van der Waals surface area contributed by atoms with Gasteiger partial charge in [0.25, 0.3) is 0 Å². The first-order valence-electron chi connectivity index (χ1n) is 5.42. The minimum absolute atomic E-state index is 0.0209. The van der Waals surface area contributed by atoms with E-state index in [4.69, 9.17) is 10.5 Å². The van der Waals surface area contributed by atoms with Crippen LogP contribution in [-0.4, -0.2) is 31.6 Å². The van der Waals surface area contributed by atoms with Gasteiger partial charge in [-0.25, -0.2) is 8.42 Å². The van der Waals surface area contributed by atoms with Gasteiger partial charge >= 0.3 is 0 Å². The van der Waals surface area contributed by atoms with E-state index in [0.717, 1.165) is 5.56 Å². The van der Waals surface area contributed by atoms with Crippen LogP contribution in [-0.2, 0) is 9.84 Å². The van der Waals surface area contributed by atoms with E-state index in [9.17, 15) is 8.42 Å². The van der Waals surface area contributed by atoms with Crippen molar-refractivity contribution in [2.24, 2.45) is 0 Å². The second-order valence-electron chi connectivity index (χ2n) is 4.00. The number of rotatable bonds is 6. The van der Waals surface area contributed by atoms with Gasteiger partial charge in [-0.05, 0) is 31.9 Å². The summed E-state index contributed by atoms with van der Waals surface area (Å²) in [6.07, 6.45) is 0.754. The molecule has 4 nitrogen and oxygen atoms in total. The molecule has 0 aromatic heterocycles. The Bertz CT molecular complexity index is 477. The summed E-state index contributed by atoms with van der Waals surface area (Å²) in [5, 5.41) is 16.2. The molecule has 0 aliphatic rings. The van der Waals surface area contributed by atoms with Gasteiger partial charge in [-0.15, -0.1) is 0 Å². The third-order valence-corrected chi connectivity index (χ3v) is 4.10. The summed E-state index contributed by atoms with van der Waals surface area (Å²) in [6, 6.07) is 6.60. The van der Waals surface area contributed by atoms with Crippen molar-refractivity contribution in [2.45, 2.75) is 24.7 Å². The SMILES string of the molecule is Cc1ccc(S(=O)(=O)CC(=N)CCCO)cc1. The summed E-state index contributed by atoms with van der Waals surface area (Å²) < 4.78 is 23.8. The second-order valence-corrected chi connectivity index (χ2v) is 5.99. The van der Waals surface area contributed by atoms with E-state index in [-0.39, 0.29) is 23.0 Å². The minimum atomic E-state index is -3.41. The number of hydrogen-bond donors (Lipinski definition) is 2. The lowest BCUT2D eigenvalue weighted by molar-refractivity contribution is 0.291. The van der Waals surface area contributed by atoms with Crippen LogP contribution in [0.2, 0.25) is 0 Å². The van der Waals surface area contributed by atoms with Crippen molar-refractivity contribution in [3.8, 4) is 0 Å². The highest BCUT2D eigenvalue weighted by atomic mass is 32.2. The smallest absolute Gasteiger partial charge is 0.183 e. The van der Waals surface area contributed by atoms with Gasteiger partial charge < -0.3 is 10.5 Å². The lowest BCUT2D eigenvalue weighted by Gasteiger charge is -2.05. The van der Waals surface area contributed by atoms with Gasteiger partial charge in [-0.1, -0.05) is 17.7 Å². The van der Waals surface area contributed by atoms with Crippen LogP contribution in [0.1, 0.15) is 18.4 Å². The Morgan fingerprint density at radius 2 is 1.88 bits per heavy atom. The molecule has 0 aliphatic carbocycles. The quantitative estimate of drug-likeness (QED) is 0.757. The van der Waals surface area contributed by atoms with Crippen LogP contribution >= 0.6 is 0 Å². The van der Waals surface area contributed by atoms with Gasteiger partial charge in [0.1, 0.15) is 0 Å². The van der Waals surface area contributed by atoms with Crippen LogP contribution in [0.25, 0.3) is 0 Å². The number of benzene rings is 1. The lowest BCUT2D eigenvalue weighted by atomic mass is 10.2. The molecular formula is C12H17NO3S. The predicted molar refractivity (Wildman–Crippen MR) is 67.3 cm³/mol. The summed E-state index contributed by atoms with van der Waals surface area (Å²) in [5.41, 5.74) is 1.14. The average Bonchev–Trinajstić information content (AvgIpc) is 2.26. The van der Waals surface area contributed by atoms with Crippen LogP contribution in [0, 0.1) is 12.3 Å². The van der Waals surface area contributed by atoms with Crippen LogP contribution in [0.5, 0.6) is 0 Å². The maximum atomic E-state index is 11.9. The molecule has 17 heavy (non-hydrogen) atoms. The fourth-order valence-electron chi connectivity index (χ4n) is 1.42. The molecule has 0 amide bonds. The third-order valence-electron chi connectivity index (χ3n) is 2.38. The highest BCUT2D eigenvalue weighted by Crippen LogP contribution is 2.13. The maximum Gasteiger partial charge on any atom is 0.183 e. The summed E-state index contributed by atoms with van der Waals surface area (Å²) in [7, 11) is -3.41. The zero-order valence-corrected chi connectivity index (χ0v) is 10.6. The minimum Gasteiger partial charge on any atom is -0.396 e. The number of sulfone groups is 1. The molecule has 0 saturated carbocycles. The van der Waals surface area contributed by atoms with Crippen molar-refractivity contribution >= 4 is 15.5 Å². The van der Waals surface area contributed by atoms with Gasteiger partial charge in [0.05, 0.1) is 10.6 Å². The Hall–Kier alpha value is -1.20. The van der Waals surface area contributed by atoms with E-state index in [0.29, 0.717) is 12.8 Å². The van der Waals surface area contributed by atoms with E-state index in [1.54, 1.807) is 24.3 Å². The molecule has 2 N–H and O–H groups in total. The molecule has 0 heterocycles. The summed E-state index contributed by atoms with van der Waals surface area (Å²) in [5.74, 6) is -0.268. The summed E-state index contributed by atoms with van der Waals surface area (Å²) in [6.45, 7) is 1.87. The van der Waals surface area contributed by atoms with Gasteiger partial charge in [0.2, 0.25) is 0 Å². The molecule has 0 atom stereocenters. The normalized spacial score (nSPS) is 11.4. The van der Waals surface area contributed by atoms with Crippen LogP contribution in [0.15, 0.2) is 29.2 Å². The van der Waals surface area contributed by atoms with Gasteiger partial charge in [-0.2, -0.15) is 0 Å². The Morgan fingerprint density at radius 3 is 2.41 bits per heavy atom. The molecule has 1 aromatic carbocycles. The van der Waals surface area contributed by atoms with Crippen molar-refractivity contribution in [1.29, 1.82) is 5.41 Å². The molecule has 0 saturated heterocycles. The van der Waals surface area contributed by atoms with E-state index in [1.165, 1.54) is 0 Å². The molecule has 0 fully saturated rings. The Balaban J connectivity index is 2.75. The average molecular weight is 255 g/mol. The van der Waals surface area contributed by atoms with Crippen molar-refractivity contribution in [1.82, 2.24) is 0 Å². The Labute approximate surface area is 102 Å². The first-order valence-corrected chi connectivity index (χ1v) is 7.07. The molecule has 94 valence electrons. The van der Waals surface area contributed by atoms with Crippen molar-refractivity contribution in [2.75, 3.05) is 12.4 Å². The van der Waals surface area contributed by atoms with E-state index >= 15 is 0 Å². The largest absolute Gasteiger partial charge is 0.396 e. The third kappa shape index (κ3) is 4.28. The molecule has 5 heteroatoms. The lowest BCUT2D eigenvalue weighted by Crippen LogP contribution is -2.15. The monoisotopic (exact) mass is 255 g/mol. The van der Waals surface area contributed by atoms with E-state index in [1.807, 2.05) is 6.92 Å². The first kappa shape index (κ1) is 13.9.